The van der Waals surface area contributed by atoms with Gasteiger partial charge < -0.3 is 24.6 Å². The quantitative estimate of drug-likeness (QED) is 0.406. The molecule has 2 aliphatic heterocycles. The van der Waals surface area contributed by atoms with Gasteiger partial charge in [-0.1, -0.05) is 12.1 Å². The number of hydrogen-bond acceptors (Lipinski definition) is 6. The molecule has 0 spiro atoms. The molecular formula is C25H27NO6. The first kappa shape index (κ1) is 21.9. The Balaban J connectivity index is 1.75. The van der Waals surface area contributed by atoms with Gasteiger partial charge in [-0.15, -0.1) is 0 Å². The maximum Gasteiger partial charge on any atom is 0.295 e. The normalized spacial score (nSPS) is 22.7. The third-order valence-electron chi connectivity index (χ3n) is 5.67. The topological polar surface area (TPSA) is 96.3 Å². The van der Waals surface area contributed by atoms with E-state index in [1.54, 1.807) is 36.4 Å². The highest BCUT2D eigenvalue weighted by atomic mass is 16.5. The van der Waals surface area contributed by atoms with Crippen molar-refractivity contribution in [2.45, 2.75) is 44.9 Å². The molecule has 7 heteroatoms. The lowest BCUT2D eigenvalue weighted by Gasteiger charge is -2.27. The molecule has 0 bridgehead atoms. The number of aliphatic hydroxyl groups is 1. The minimum atomic E-state index is -0.772. The number of ketones is 1. The predicted molar refractivity (Wildman–Crippen MR) is 118 cm³/mol. The number of amides is 1. The summed E-state index contributed by atoms with van der Waals surface area (Å²) < 4.78 is 11.3. The Morgan fingerprint density at radius 1 is 1.12 bits per heavy atom. The van der Waals surface area contributed by atoms with Crippen LogP contribution < -0.4 is 4.74 Å². The van der Waals surface area contributed by atoms with Crippen molar-refractivity contribution in [3.63, 3.8) is 0 Å². The first-order valence-corrected chi connectivity index (χ1v) is 10.8. The van der Waals surface area contributed by atoms with Crippen LogP contribution in [0.25, 0.3) is 5.76 Å². The highest BCUT2D eigenvalue weighted by Gasteiger charge is 2.47. The van der Waals surface area contributed by atoms with E-state index < -0.39 is 17.7 Å². The minimum Gasteiger partial charge on any atom is -0.508 e. The van der Waals surface area contributed by atoms with E-state index in [4.69, 9.17) is 9.47 Å². The van der Waals surface area contributed by atoms with Crippen LogP contribution in [0.5, 0.6) is 11.5 Å². The van der Waals surface area contributed by atoms with E-state index in [1.807, 2.05) is 13.8 Å². The van der Waals surface area contributed by atoms with Gasteiger partial charge in [0.05, 0.1) is 23.8 Å². The van der Waals surface area contributed by atoms with Gasteiger partial charge in [0, 0.05) is 18.7 Å². The van der Waals surface area contributed by atoms with Gasteiger partial charge in [-0.25, -0.2) is 0 Å². The van der Waals surface area contributed by atoms with Crippen molar-refractivity contribution in [2.24, 2.45) is 0 Å². The third kappa shape index (κ3) is 4.34. The molecule has 0 radical (unpaired) electrons. The number of carbonyl (C=O) groups excluding carboxylic acids is 2. The summed E-state index contributed by atoms with van der Waals surface area (Å²) in [4.78, 5) is 27.5. The van der Waals surface area contributed by atoms with Gasteiger partial charge in [0.25, 0.3) is 11.7 Å². The minimum absolute atomic E-state index is 0.00655. The second-order valence-corrected chi connectivity index (χ2v) is 8.37. The van der Waals surface area contributed by atoms with Crippen LogP contribution in [0.2, 0.25) is 0 Å². The number of Topliss-reactive ketones (excluding diaryl/α,β-unsaturated/α-hetero) is 1. The van der Waals surface area contributed by atoms with E-state index in [2.05, 4.69) is 0 Å². The first-order valence-electron chi connectivity index (χ1n) is 10.8. The summed E-state index contributed by atoms with van der Waals surface area (Å²) in [6.45, 7) is 4.72. The molecule has 0 saturated carbocycles. The Hall–Kier alpha value is -3.32. The number of carbonyl (C=O) groups is 2. The monoisotopic (exact) mass is 437 g/mol. The van der Waals surface area contributed by atoms with Crippen LogP contribution in [0.3, 0.4) is 0 Å². The molecule has 2 aliphatic rings. The molecule has 2 aromatic rings. The maximum absolute atomic E-state index is 13.0. The number of nitrogens with zero attached hydrogens (tertiary/aromatic N) is 1. The predicted octanol–water partition coefficient (Wildman–Crippen LogP) is 3.78. The molecule has 1 amide bonds. The van der Waals surface area contributed by atoms with E-state index in [0.717, 1.165) is 12.8 Å². The summed E-state index contributed by atoms with van der Waals surface area (Å²) in [6.07, 6.45) is 1.57. The van der Waals surface area contributed by atoms with Crippen molar-refractivity contribution in [2.75, 3.05) is 13.2 Å². The van der Waals surface area contributed by atoms with Crippen molar-refractivity contribution >= 4 is 17.4 Å². The molecule has 2 atom stereocenters. The number of phenols is 1. The summed E-state index contributed by atoms with van der Waals surface area (Å²) in [6, 6.07) is 12.3. The number of hydrogen-bond donors (Lipinski definition) is 2. The molecule has 2 fully saturated rings. The molecule has 7 nitrogen and oxygen atoms in total. The van der Waals surface area contributed by atoms with Crippen LogP contribution in [0, 0.1) is 0 Å². The number of rotatable bonds is 6. The Morgan fingerprint density at radius 3 is 2.41 bits per heavy atom. The van der Waals surface area contributed by atoms with Crippen molar-refractivity contribution in [1.82, 2.24) is 4.90 Å². The van der Waals surface area contributed by atoms with Gasteiger partial charge in [-0.2, -0.15) is 0 Å². The van der Waals surface area contributed by atoms with Crippen LogP contribution in [0.1, 0.15) is 43.9 Å². The van der Waals surface area contributed by atoms with Crippen LogP contribution >= 0.6 is 0 Å². The van der Waals surface area contributed by atoms with E-state index in [1.165, 1.54) is 17.0 Å². The number of phenolic OH excluding ortho intramolecular Hbond substituents is 1. The molecule has 0 aromatic heterocycles. The maximum atomic E-state index is 13.0. The van der Waals surface area contributed by atoms with Gasteiger partial charge in [0.15, 0.2) is 0 Å². The van der Waals surface area contributed by atoms with Crippen molar-refractivity contribution in [3.8, 4) is 11.5 Å². The number of aromatic hydroxyl groups is 1. The molecule has 2 aromatic carbocycles. The van der Waals surface area contributed by atoms with E-state index in [-0.39, 0.29) is 35.8 Å². The van der Waals surface area contributed by atoms with Gasteiger partial charge in [-0.05, 0) is 68.7 Å². The second-order valence-electron chi connectivity index (χ2n) is 8.37. The third-order valence-corrected chi connectivity index (χ3v) is 5.67. The second kappa shape index (κ2) is 9.04. The van der Waals surface area contributed by atoms with Crippen LogP contribution in [-0.4, -0.2) is 52.2 Å². The average molecular weight is 437 g/mol. The average Bonchev–Trinajstić information content (AvgIpc) is 3.36. The lowest BCUT2D eigenvalue weighted by Crippen LogP contribution is -2.36. The summed E-state index contributed by atoms with van der Waals surface area (Å²) in [5.74, 6) is -0.927. The van der Waals surface area contributed by atoms with Gasteiger partial charge >= 0.3 is 0 Å². The van der Waals surface area contributed by atoms with Gasteiger partial charge in [-0.3, -0.25) is 9.59 Å². The molecular weight excluding hydrogens is 410 g/mol. The lowest BCUT2D eigenvalue weighted by molar-refractivity contribution is -0.140. The molecule has 32 heavy (non-hydrogen) atoms. The highest BCUT2D eigenvalue weighted by molar-refractivity contribution is 6.46. The Kier molecular flexibility index (Phi) is 6.19. The first-order chi connectivity index (χ1) is 15.3. The molecule has 2 heterocycles. The van der Waals surface area contributed by atoms with Crippen LogP contribution in [-0.2, 0) is 14.3 Å². The Labute approximate surface area is 186 Å². The molecule has 0 aliphatic carbocycles. The number of aliphatic hydroxyl groups excluding tert-OH is 1. The van der Waals surface area contributed by atoms with E-state index in [0.29, 0.717) is 23.5 Å². The molecule has 4 rings (SSSR count). The summed E-state index contributed by atoms with van der Waals surface area (Å²) >= 11 is 0. The number of benzene rings is 2. The standard InChI is InChI=1S/C25H27NO6/c1-15(2)32-19-11-7-17(8-12-19)23(28)21-22(16-5-9-18(27)10-6-16)26(25(30)24(21)29)14-20-4-3-13-31-20/h5-12,15,20,22,27-28H,3-4,13-14H2,1-2H3/b23-21-. The van der Waals surface area contributed by atoms with Crippen LogP contribution in [0.4, 0.5) is 0 Å². The summed E-state index contributed by atoms with van der Waals surface area (Å²) in [7, 11) is 0. The van der Waals surface area contributed by atoms with Crippen LogP contribution in [0.15, 0.2) is 54.1 Å². The number of likely N-dealkylation sites (tertiary alicyclic amines) is 1. The van der Waals surface area contributed by atoms with Crippen molar-refractivity contribution < 1.29 is 29.3 Å². The zero-order valence-electron chi connectivity index (χ0n) is 18.2. The SMILES string of the molecule is CC(C)Oc1ccc(/C(O)=C2/C(=O)C(=O)N(CC3CCCO3)C2c2ccc(O)cc2)cc1. The fourth-order valence-corrected chi connectivity index (χ4v) is 4.20. The molecule has 168 valence electrons. The van der Waals surface area contributed by atoms with Gasteiger partial charge in [0.1, 0.15) is 17.3 Å². The Bertz CT molecular complexity index is 1020. The van der Waals surface area contributed by atoms with Crippen molar-refractivity contribution in [3.05, 3.63) is 65.2 Å². The zero-order chi connectivity index (χ0) is 22.8. The van der Waals surface area contributed by atoms with E-state index >= 15 is 0 Å². The molecule has 2 N–H and O–H groups in total. The van der Waals surface area contributed by atoms with Gasteiger partial charge in [0.2, 0.25) is 0 Å². The number of ether oxygens (including phenoxy) is 2. The molecule has 2 unspecified atom stereocenters. The Morgan fingerprint density at radius 2 is 1.81 bits per heavy atom. The summed E-state index contributed by atoms with van der Waals surface area (Å²) in [5, 5.41) is 20.8. The fourth-order valence-electron chi connectivity index (χ4n) is 4.20. The summed E-state index contributed by atoms with van der Waals surface area (Å²) in [5.41, 5.74) is 1.07. The zero-order valence-corrected chi connectivity index (χ0v) is 18.2. The van der Waals surface area contributed by atoms with Crippen molar-refractivity contribution in [1.29, 1.82) is 0 Å². The smallest absolute Gasteiger partial charge is 0.295 e. The highest BCUT2D eigenvalue weighted by Crippen LogP contribution is 2.40. The van der Waals surface area contributed by atoms with E-state index in [9.17, 15) is 19.8 Å². The fraction of sp³-hybridized carbons (Fsp3) is 0.360. The molecule has 2 saturated heterocycles. The largest absolute Gasteiger partial charge is 0.508 e. The lowest BCUT2D eigenvalue weighted by atomic mass is 9.95.